The summed E-state index contributed by atoms with van der Waals surface area (Å²) in [6.45, 7) is 4.38. The number of hydrogen-bond acceptors (Lipinski definition) is 7. The van der Waals surface area contributed by atoms with Crippen LogP contribution >= 0.6 is 0 Å². The molecule has 1 atom stereocenters. The van der Waals surface area contributed by atoms with Crippen molar-refractivity contribution in [2.75, 3.05) is 27.3 Å². The molecule has 6 rings (SSSR count). The molecular weight excluding hydrogens is 560 g/mol. The van der Waals surface area contributed by atoms with Crippen LogP contribution in [0, 0.1) is 24.7 Å². The van der Waals surface area contributed by atoms with Gasteiger partial charge in [0.25, 0.3) is 11.5 Å². The fourth-order valence-electron chi connectivity index (χ4n) is 6.19. The van der Waals surface area contributed by atoms with Crippen LogP contribution in [0.4, 0.5) is 0 Å². The maximum absolute atomic E-state index is 13.0. The molecule has 2 saturated heterocycles. The zero-order valence-corrected chi connectivity index (χ0v) is 25.2. The topological polar surface area (TPSA) is 110 Å². The number of rotatable bonds is 6. The number of hydrogen-bond donors (Lipinski definition) is 1. The number of pyridine rings is 1. The molecule has 10 heteroatoms. The lowest BCUT2D eigenvalue weighted by molar-refractivity contribution is -0.136. The Balaban J connectivity index is 1.11. The highest BCUT2D eigenvalue weighted by Gasteiger charge is 2.39. The Hall–Kier alpha value is -4.88. The molecular formula is C34H34N4O6. The molecule has 0 aliphatic carbocycles. The number of ether oxygens (including phenoxy) is 2. The minimum atomic E-state index is -0.630. The van der Waals surface area contributed by atoms with Gasteiger partial charge in [0.05, 0.1) is 19.8 Å². The molecule has 0 spiro atoms. The third-order valence-electron chi connectivity index (χ3n) is 8.59. The molecule has 44 heavy (non-hydrogen) atoms. The number of aromatic nitrogens is 1. The van der Waals surface area contributed by atoms with Gasteiger partial charge in [0.2, 0.25) is 11.8 Å². The molecule has 226 valence electrons. The smallest absolute Gasteiger partial charge is 0.255 e. The van der Waals surface area contributed by atoms with Gasteiger partial charge >= 0.3 is 0 Å². The third kappa shape index (κ3) is 5.47. The molecule has 3 amide bonds. The molecule has 0 saturated carbocycles. The fraction of sp³-hybridized carbons (Fsp3) is 0.353. The average Bonchev–Trinajstić information content (AvgIpc) is 3.31. The van der Waals surface area contributed by atoms with Crippen molar-refractivity contribution in [2.45, 2.75) is 38.9 Å². The highest BCUT2D eigenvalue weighted by Crippen LogP contribution is 2.37. The lowest BCUT2D eigenvalue weighted by Gasteiger charge is -2.37. The third-order valence-corrected chi connectivity index (χ3v) is 8.59. The van der Waals surface area contributed by atoms with E-state index in [1.54, 1.807) is 43.7 Å². The van der Waals surface area contributed by atoms with E-state index in [1.807, 2.05) is 36.5 Å². The zero-order valence-electron chi connectivity index (χ0n) is 25.2. The van der Waals surface area contributed by atoms with E-state index in [2.05, 4.69) is 22.1 Å². The Bertz CT molecular complexity index is 1760. The van der Waals surface area contributed by atoms with E-state index in [0.29, 0.717) is 30.6 Å². The Kier molecular flexibility index (Phi) is 7.74. The summed E-state index contributed by atoms with van der Waals surface area (Å²) >= 11 is 0. The number of nitrogens with zero attached hydrogens (tertiary/aromatic N) is 3. The van der Waals surface area contributed by atoms with Gasteiger partial charge in [0.15, 0.2) is 0 Å². The second kappa shape index (κ2) is 11.7. The van der Waals surface area contributed by atoms with Gasteiger partial charge in [0, 0.05) is 68.5 Å². The van der Waals surface area contributed by atoms with Crippen LogP contribution in [0.2, 0.25) is 0 Å². The Morgan fingerprint density at radius 3 is 2.36 bits per heavy atom. The standard InChI is InChI=1S/C34H34N4O6/c1-20-11-24(17-36(2)33(20)41)23-13-29(43-3)27(30(14-23)44-4)19-37-15-22(16-37)6-5-21-7-8-26-25(12-21)18-38(34(26)42)28-9-10-31(39)35-32(28)40/h7-8,11-14,17,22,28H,9-10,15-16,18-19H2,1-4H3,(H,35,39,40). The van der Waals surface area contributed by atoms with E-state index in [9.17, 15) is 19.2 Å². The summed E-state index contributed by atoms with van der Waals surface area (Å²) in [5, 5.41) is 2.33. The number of amides is 3. The number of aryl methyl sites for hydroxylation is 2. The van der Waals surface area contributed by atoms with Crippen molar-refractivity contribution in [1.29, 1.82) is 0 Å². The summed E-state index contributed by atoms with van der Waals surface area (Å²) in [5.74, 6) is 7.37. The summed E-state index contributed by atoms with van der Waals surface area (Å²) in [6.07, 6.45) is 2.38. The van der Waals surface area contributed by atoms with E-state index >= 15 is 0 Å². The summed E-state index contributed by atoms with van der Waals surface area (Å²) < 4.78 is 13.1. The molecule has 2 fully saturated rings. The first-order chi connectivity index (χ1) is 21.1. The number of imide groups is 1. The first-order valence-corrected chi connectivity index (χ1v) is 14.6. The molecule has 3 aliphatic rings. The van der Waals surface area contributed by atoms with Crippen LogP contribution in [0.3, 0.4) is 0 Å². The van der Waals surface area contributed by atoms with Crippen molar-refractivity contribution in [3.8, 4) is 34.5 Å². The second-order valence-electron chi connectivity index (χ2n) is 11.6. The lowest BCUT2D eigenvalue weighted by Crippen LogP contribution is -2.52. The van der Waals surface area contributed by atoms with Gasteiger partial charge in [0.1, 0.15) is 17.5 Å². The largest absolute Gasteiger partial charge is 0.496 e. The van der Waals surface area contributed by atoms with Gasteiger partial charge in [-0.3, -0.25) is 29.4 Å². The van der Waals surface area contributed by atoms with Gasteiger partial charge in [-0.05, 0) is 66.4 Å². The van der Waals surface area contributed by atoms with E-state index in [4.69, 9.17) is 9.47 Å². The SMILES string of the molecule is COc1cc(-c2cc(C)c(=O)n(C)c2)cc(OC)c1CN1CC(C#Cc2ccc3c(c2)CN(C2CCC(=O)NC2=O)C3=O)C1. The quantitative estimate of drug-likeness (QED) is 0.345. The van der Waals surface area contributed by atoms with Crippen molar-refractivity contribution in [3.63, 3.8) is 0 Å². The van der Waals surface area contributed by atoms with Crippen molar-refractivity contribution >= 4 is 17.7 Å². The number of piperidine rings is 1. The number of benzene rings is 2. The summed E-state index contributed by atoms with van der Waals surface area (Å²) in [7, 11) is 5.03. The number of carbonyl (C=O) groups is 3. The highest BCUT2D eigenvalue weighted by molar-refractivity contribution is 6.05. The van der Waals surface area contributed by atoms with Gasteiger partial charge in [-0.1, -0.05) is 11.8 Å². The molecule has 3 aromatic rings. The van der Waals surface area contributed by atoms with Crippen molar-refractivity contribution < 1.29 is 23.9 Å². The van der Waals surface area contributed by atoms with E-state index in [0.717, 1.165) is 52.4 Å². The Morgan fingerprint density at radius 2 is 1.70 bits per heavy atom. The number of nitrogens with one attached hydrogen (secondary N) is 1. The molecule has 2 aromatic carbocycles. The zero-order chi connectivity index (χ0) is 31.1. The second-order valence-corrected chi connectivity index (χ2v) is 11.6. The fourth-order valence-corrected chi connectivity index (χ4v) is 6.19. The van der Waals surface area contributed by atoms with E-state index in [1.165, 1.54) is 0 Å². The Morgan fingerprint density at radius 1 is 0.977 bits per heavy atom. The van der Waals surface area contributed by atoms with Crippen molar-refractivity contribution in [1.82, 2.24) is 19.7 Å². The monoisotopic (exact) mass is 594 g/mol. The number of carbonyl (C=O) groups excluding carboxylic acids is 3. The summed E-state index contributed by atoms with van der Waals surface area (Å²) in [6, 6.07) is 10.8. The maximum atomic E-state index is 13.0. The molecule has 0 bridgehead atoms. The van der Waals surface area contributed by atoms with E-state index < -0.39 is 11.9 Å². The summed E-state index contributed by atoms with van der Waals surface area (Å²) in [4.78, 5) is 52.8. The van der Waals surface area contributed by atoms with Crippen molar-refractivity contribution in [3.05, 3.63) is 80.8 Å². The summed E-state index contributed by atoms with van der Waals surface area (Å²) in [5.41, 5.74) is 5.66. The van der Waals surface area contributed by atoms with Crippen LogP contribution in [0.15, 0.2) is 47.4 Å². The predicted molar refractivity (Wildman–Crippen MR) is 163 cm³/mol. The van der Waals surface area contributed by atoms with Gasteiger partial charge in [-0.2, -0.15) is 0 Å². The molecule has 1 unspecified atom stereocenters. The lowest BCUT2D eigenvalue weighted by atomic mass is 9.97. The molecule has 10 nitrogen and oxygen atoms in total. The number of likely N-dealkylation sites (tertiary alicyclic amines) is 1. The molecule has 4 heterocycles. The van der Waals surface area contributed by atoms with Crippen molar-refractivity contribution in [2.24, 2.45) is 13.0 Å². The molecule has 0 radical (unpaired) electrons. The maximum Gasteiger partial charge on any atom is 0.255 e. The highest BCUT2D eigenvalue weighted by atomic mass is 16.5. The Labute approximate surface area is 255 Å². The minimum Gasteiger partial charge on any atom is -0.496 e. The normalized spacial score (nSPS) is 18.3. The average molecular weight is 595 g/mol. The van der Waals surface area contributed by atoms with Crippen LogP contribution in [0.25, 0.3) is 11.1 Å². The molecule has 1 aromatic heterocycles. The van der Waals surface area contributed by atoms with E-state index in [-0.39, 0.29) is 29.7 Å². The van der Waals surface area contributed by atoms with Crippen LogP contribution in [-0.2, 0) is 29.7 Å². The number of fused-ring (bicyclic) bond motifs is 1. The minimum absolute atomic E-state index is 0.0255. The number of methoxy groups -OCH3 is 2. The van der Waals surface area contributed by atoms with Gasteiger partial charge < -0.3 is 18.9 Å². The van der Waals surface area contributed by atoms with Gasteiger partial charge in [-0.25, -0.2) is 0 Å². The van der Waals surface area contributed by atoms with Gasteiger partial charge in [-0.15, -0.1) is 0 Å². The van der Waals surface area contributed by atoms with Crippen LogP contribution in [0.5, 0.6) is 11.5 Å². The predicted octanol–water partition coefficient (Wildman–Crippen LogP) is 2.62. The first-order valence-electron chi connectivity index (χ1n) is 14.6. The molecule has 3 aliphatic heterocycles. The molecule has 1 N–H and O–H groups in total. The first kappa shape index (κ1) is 29.2. The van der Waals surface area contributed by atoms with Crippen LogP contribution < -0.4 is 20.3 Å². The van der Waals surface area contributed by atoms with Crippen LogP contribution in [0.1, 0.15) is 45.5 Å². The van der Waals surface area contributed by atoms with Crippen LogP contribution in [-0.4, -0.2) is 65.4 Å².